The van der Waals surface area contributed by atoms with Crippen LogP contribution in [0.25, 0.3) is 0 Å². The second-order valence-corrected chi connectivity index (χ2v) is 9.52. The van der Waals surface area contributed by atoms with Crippen LogP contribution in [0.5, 0.6) is 0 Å². The highest BCUT2D eigenvalue weighted by atomic mass is 16.1. The van der Waals surface area contributed by atoms with Crippen molar-refractivity contribution in [1.29, 1.82) is 0 Å². The van der Waals surface area contributed by atoms with E-state index in [-0.39, 0.29) is 28.9 Å². The van der Waals surface area contributed by atoms with E-state index in [1.807, 2.05) is 78.9 Å². The third-order valence-electron chi connectivity index (χ3n) is 6.40. The first-order valence-corrected chi connectivity index (χ1v) is 11.1. The van der Waals surface area contributed by atoms with E-state index in [9.17, 15) is 9.59 Å². The summed E-state index contributed by atoms with van der Waals surface area (Å²) in [6, 6.07) is 24.7. The molecule has 32 heavy (non-hydrogen) atoms. The number of anilines is 1. The summed E-state index contributed by atoms with van der Waals surface area (Å²) >= 11 is 0. The first kappa shape index (κ1) is 20.4. The number of fused-ring (bicyclic) bond motifs is 2. The lowest BCUT2D eigenvalue weighted by Gasteiger charge is -2.37. The molecule has 1 saturated carbocycles. The quantitative estimate of drug-likeness (QED) is 0.514. The second kappa shape index (κ2) is 7.86. The molecule has 160 valence electrons. The van der Waals surface area contributed by atoms with Gasteiger partial charge in [-0.15, -0.1) is 0 Å². The van der Waals surface area contributed by atoms with Crippen molar-refractivity contribution in [2.24, 2.45) is 16.3 Å². The van der Waals surface area contributed by atoms with Crippen molar-refractivity contribution in [1.82, 2.24) is 0 Å². The van der Waals surface area contributed by atoms with Gasteiger partial charge in [-0.25, -0.2) is 0 Å². The van der Waals surface area contributed by atoms with Crippen LogP contribution in [0, 0.1) is 11.3 Å². The number of hydrogen-bond donors (Lipinski definition) is 1. The van der Waals surface area contributed by atoms with Gasteiger partial charge in [-0.1, -0.05) is 80.6 Å². The average Bonchev–Trinajstić information content (AvgIpc) is 2.95. The Balaban J connectivity index is 1.53. The number of aliphatic imine (C=N–C) groups is 1. The number of carbonyl (C=O) groups is 2. The normalized spacial score (nSPS) is 21.4. The molecule has 1 fully saturated rings. The number of ketones is 2. The van der Waals surface area contributed by atoms with E-state index < -0.39 is 0 Å². The summed E-state index contributed by atoms with van der Waals surface area (Å²) in [6.07, 6.45) is 1.33. The minimum Gasteiger partial charge on any atom is -0.375 e. The molecule has 1 aliphatic heterocycles. The predicted octanol–water partition coefficient (Wildman–Crippen LogP) is 6.16. The number of nitrogens with zero attached hydrogens (tertiary/aromatic N) is 1. The predicted molar refractivity (Wildman–Crippen MR) is 128 cm³/mol. The standard InChI is InChI=1S/C28H26N2O2/c1-28(2)16-23-25(24(31)17-28)26(30-22-11-7-6-10-21(22)29-23)18-12-14-20(15-13-18)27(32)19-8-4-3-5-9-19/h3-15,25-26,30H,16-17H2,1-2H3. The van der Waals surface area contributed by atoms with E-state index in [2.05, 4.69) is 19.2 Å². The minimum absolute atomic E-state index is 0.00550. The summed E-state index contributed by atoms with van der Waals surface area (Å²) in [5, 5.41) is 3.59. The van der Waals surface area contributed by atoms with E-state index in [1.165, 1.54) is 0 Å². The number of nitrogens with one attached hydrogen (secondary N) is 1. The van der Waals surface area contributed by atoms with Gasteiger partial charge < -0.3 is 5.32 Å². The Labute approximate surface area is 188 Å². The van der Waals surface area contributed by atoms with Gasteiger partial charge in [0.1, 0.15) is 5.78 Å². The van der Waals surface area contributed by atoms with Crippen molar-refractivity contribution in [3.05, 3.63) is 95.6 Å². The lowest BCUT2D eigenvalue weighted by molar-refractivity contribution is -0.124. The number of para-hydroxylation sites is 2. The molecule has 3 aromatic carbocycles. The SMILES string of the molecule is CC1(C)CC(=O)C2C(=Nc3ccccc3NC2c2ccc(C(=O)c3ccccc3)cc2)C1. The Bertz CT molecular complexity index is 1210. The topological polar surface area (TPSA) is 58.5 Å². The molecule has 4 heteroatoms. The van der Waals surface area contributed by atoms with E-state index in [4.69, 9.17) is 4.99 Å². The smallest absolute Gasteiger partial charge is 0.193 e. The average molecular weight is 423 g/mol. The number of carbonyl (C=O) groups excluding carboxylic acids is 2. The molecule has 2 atom stereocenters. The maximum absolute atomic E-state index is 13.3. The van der Waals surface area contributed by atoms with Gasteiger partial charge in [0, 0.05) is 23.3 Å². The molecule has 2 aliphatic rings. The van der Waals surface area contributed by atoms with Crippen molar-refractivity contribution >= 4 is 28.7 Å². The van der Waals surface area contributed by atoms with E-state index in [0.29, 0.717) is 17.5 Å². The van der Waals surface area contributed by atoms with Crippen molar-refractivity contribution in [3.63, 3.8) is 0 Å². The van der Waals surface area contributed by atoms with Gasteiger partial charge in [0.25, 0.3) is 0 Å². The zero-order chi connectivity index (χ0) is 22.3. The van der Waals surface area contributed by atoms with E-state index in [1.54, 1.807) is 0 Å². The Kier molecular flexibility index (Phi) is 5.01. The fourth-order valence-corrected chi connectivity index (χ4v) is 4.89. The maximum Gasteiger partial charge on any atom is 0.193 e. The van der Waals surface area contributed by atoms with Gasteiger partial charge in [0.15, 0.2) is 5.78 Å². The highest BCUT2D eigenvalue weighted by Crippen LogP contribution is 2.45. The van der Waals surface area contributed by atoms with E-state index >= 15 is 0 Å². The third kappa shape index (κ3) is 3.77. The van der Waals surface area contributed by atoms with Gasteiger partial charge in [0.05, 0.1) is 23.3 Å². The van der Waals surface area contributed by atoms with Gasteiger partial charge >= 0.3 is 0 Å². The molecule has 0 saturated heterocycles. The Morgan fingerprint density at radius 2 is 1.53 bits per heavy atom. The van der Waals surface area contributed by atoms with Crippen LogP contribution in [0.4, 0.5) is 11.4 Å². The summed E-state index contributed by atoms with van der Waals surface area (Å²) in [5.74, 6) is -0.102. The van der Waals surface area contributed by atoms with Crippen molar-refractivity contribution in [2.45, 2.75) is 32.7 Å². The fraction of sp³-hybridized carbons (Fsp3) is 0.250. The number of rotatable bonds is 3. The Morgan fingerprint density at radius 3 is 2.28 bits per heavy atom. The molecule has 4 nitrogen and oxygen atoms in total. The van der Waals surface area contributed by atoms with Crippen LogP contribution in [-0.4, -0.2) is 17.3 Å². The zero-order valence-electron chi connectivity index (χ0n) is 18.3. The van der Waals surface area contributed by atoms with Crippen molar-refractivity contribution in [3.8, 4) is 0 Å². The largest absolute Gasteiger partial charge is 0.375 e. The van der Waals surface area contributed by atoms with Gasteiger partial charge in [-0.05, 0) is 29.5 Å². The summed E-state index contributed by atoms with van der Waals surface area (Å²) in [4.78, 5) is 31.1. The molecule has 0 spiro atoms. The number of benzene rings is 3. The molecule has 0 radical (unpaired) electrons. The molecule has 3 aromatic rings. The lowest BCUT2D eigenvalue weighted by Crippen LogP contribution is -2.42. The monoisotopic (exact) mass is 422 g/mol. The first-order chi connectivity index (χ1) is 15.4. The molecular weight excluding hydrogens is 396 g/mol. The van der Waals surface area contributed by atoms with Crippen LogP contribution >= 0.6 is 0 Å². The molecule has 0 bridgehead atoms. The fourth-order valence-electron chi connectivity index (χ4n) is 4.89. The molecule has 0 amide bonds. The summed E-state index contributed by atoms with van der Waals surface area (Å²) in [5.41, 5.74) is 4.93. The number of hydrogen-bond acceptors (Lipinski definition) is 4. The van der Waals surface area contributed by atoms with Crippen LogP contribution in [-0.2, 0) is 4.79 Å². The Morgan fingerprint density at radius 1 is 0.875 bits per heavy atom. The molecule has 2 unspecified atom stereocenters. The molecule has 0 aromatic heterocycles. The summed E-state index contributed by atoms with van der Waals surface area (Å²) in [7, 11) is 0. The molecule has 1 aliphatic carbocycles. The number of Topliss-reactive ketones (excluding diaryl/α,β-unsaturated/α-hetero) is 1. The summed E-state index contributed by atoms with van der Waals surface area (Å²) < 4.78 is 0. The Hall–Kier alpha value is -3.53. The van der Waals surface area contributed by atoms with Crippen LogP contribution < -0.4 is 5.32 Å². The second-order valence-electron chi connectivity index (χ2n) is 9.52. The maximum atomic E-state index is 13.3. The van der Waals surface area contributed by atoms with Gasteiger partial charge in [-0.3, -0.25) is 14.6 Å². The zero-order valence-corrected chi connectivity index (χ0v) is 18.3. The van der Waals surface area contributed by atoms with Crippen molar-refractivity contribution < 1.29 is 9.59 Å². The minimum atomic E-state index is -0.314. The molecular formula is C28H26N2O2. The highest BCUT2D eigenvalue weighted by molar-refractivity contribution is 6.11. The lowest BCUT2D eigenvalue weighted by atomic mass is 9.68. The highest BCUT2D eigenvalue weighted by Gasteiger charge is 2.43. The first-order valence-electron chi connectivity index (χ1n) is 11.1. The third-order valence-corrected chi connectivity index (χ3v) is 6.40. The summed E-state index contributed by atoms with van der Waals surface area (Å²) in [6.45, 7) is 4.26. The van der Waals surface area contributed by atoms with E-state index in [0.717, 1.165) is 29.1 Å². The molecule has 1 N–H and O–H groups in total. The molecule has 1 heterocycles. The van der Waals surface area contributed by atoms with Gasteiger partial charge in [0.2, 0.25) is 0 Å². The molecule has 5 rings (SSSR count). The van der Waals surface area contributed by atoms with Crippen molar-refractivity contribution in [2.75, 3.05) is 5.32 Å². The van der Waals surface area contributed by atoms with Crippen LogP contribution in [0.15, 0.2) is 83.9 Å². The van der Waals surface area contributed by atoms with Crippen LogP contribution in [0.3, 0.4) is 0 Å². The van der Waals surface area contributed by atoms with Gasteiger partial charge in [-0.2, -0.15) is 0 Å². The van der Waals surface area contributed by atoms with Crippen LogP contribution in [0.2, 0.25) is 0 Å². The van der Waals surface area contributed by atoms with Crippen LogP contribution in [0.1, 0.15) is 54.2 Å².